The molecule has 1 atom stereocenters. The minimum Gasteiger partial charge on any atom is -0.409 e. The SMILES string of the molecule is CCC(C(=O)Nc1cccc(Cl)c1)/C(N)=N/O. The Bertz CT molecular complexity index is 434. The first-order valence-corrected chi connectivity index (χ1v) is 5.50. The van der Waals surface area contributed by atoms with Crippen molar-refractivity contribution in [2.75, 3.05) is 5.32 Å². The molecule has 1 unspecified atom stereocenters. The van der Waals surface area contributed by atoms with Crippen molar-refractivity contribution in [3.63, 3.8) is 0 Å². The van der Waals surface area contributed by atoms with Gasteiger partial charge in [-0.1, -0.05) is 29.7 Å². The van der Waals surface area contributed by atoms with Crippen molar-refractivity contribution in [3.8, 4) is 0 Å². The van der Waals surface area contributed by atoms with E-state index in [1.807, 2.05) is 0 Å². The van der Waals surface area contributed by atoms with E-state index in [9.17, 15) is 4.79 Å². The number of anilines is 1. The quantitative estimate of drug-likeness (QED) is 0.333. The van der Waals surface area contributed by atoms with Crippen molar-refractivity contribution in [1.82, 2.24) is 0 Å². The van der Waals surface area contributed by atoms with Crippen LogP contribution in [0.3, 0.4) is 0 Å². The third kappa shape index (κ3) is 3.64. The zero-order chi connectivity index (χ0) is 12.8. The van der Waals surface area contributed by atoms with E-state index in [0.717, 1.165) is 0 Å². The average molecular weight is 256 g/mol. The Kier molecular flexibility index (Phi) is 4.78. The fourth-order valence-electron chi connectivity index (χ4n) is 1.39. The number of nitrogens with one attached hydrogen (secondary N) is 1. The highest BCUT2D eigenvalue weighted by molar-refractivity contribution is 6.30. The number of carbonyl (C=O) groups is 1. The number of carbonyl (C=O) groups excluding carboxylic acids is 1. The molecule has 0 aliphatic heterocycles. The fourth-order valence-corrected chi connectivity index (χ4v) is 1.58. The van der Waals surface area contributed by atoms with Crippen molar-refractivity contribution in [2.24, 2.45) is 16.8 Å². The fraction of sp³-hybridized carbons (Fsp3) is 0.273. The Hall–Kier alpha value is -1.75. The van der Waals surface area contributed by atoms with E-state index >= 15 is 0 Å². The topological polar surface area (TPSA) is 87.7 Å². The first-order valence-electron chi connectivity index (χ1n) is 5.12. The normalized spacial score (nSPS) is 13.2. The molecule has 6 heteroatoms. The third-order valence-corrected chi connectivity index (χ3v) is 2.52. The molecule has 17 heavy (non-hydrogen) atoms. The zero-order valence-corrected chi connectivity index (χ0v) is 10.1. The van der Waals surface area contributed by atoms with E-state index < -0.39 is 5.92 Å². The van der Waals surface area contributed by atoms with E-state index in [2.05, 4.69) is 10.5 Å². The summed E-state index contributed by atoms with van der Waals surface area (Å²) in [5.41, 5.74) is 6.00. The molecule has 92 valence electrons. The number of nitrogens with zero attached hydrogens (tertiary/aromatic N) is 1. The molecule has 0 saturated heterocycles. The molecular weight excluding hydrogens is 242 g/mol. The maximum atomic E-state index is 11.8. The molecule has 0 heterocycles. The van der Waals surface area contributed by atoms with E-state index in [4.69, 9.17) is 22.5 Å². The van der Waals surface area contributed by atoms with E-state index in [1.165, 1.54) is 0 Å². The molecule has 1 rings (SSSR count). The summed E-state index contributed by atoms with van der Waals surface area (Å²) >= 11 is 5.79. The van der Waals surface area contributed by atoms with Gasteiger partial charge in [0.1, 0.15) is 0 Å². The van der Waals surface area contributed by atoms with Crippen LogP contribution in [0.15, 0.2) is 29.4 Å². The molecular formula is C11H14ClN3O2. The van der Waals surface area contributed by atoms with Gasteiger partial charge < -0.3 is 16.3 Å². The third-order valence-electron chi connectivity index (χ3n) is 2.29. The van der Waals surface area contributed by atoms with Crippen LogP contribution < -0.4 is 11.1 Å². The number of halogens is 1. The number of hydrogen-bond donors (Lipinski definition) is 3. The Morgan fingerprint density at radius 2 is 2.35 bits per heavy atom. The number of amidine groups is 1. The van der Waals surface area contributed by atoms with Crippen molar-refractivity contribution in [2.45, 2.75) is 13.3 Å². The summed E-state index contributed by atoms with van der Waals surface area (Å²) < 4.78 is 0. The predicted molar refractivity (Wildman–Crippen MR) is 67.3 cm³/mol. The monoisotopic (exact) mass is 255 g/mol. The van der Waals surface area contributed by atoms with Gasteiger partial charge >= 0.3 is 0 Å². The standard InChI is InChI=1S/C11H14ClN3O2/c1-2-9(10(13)15-17)11(16)14-8-5-3-4-7(12)6-8/h3-6,9,17H,2H2,1H3,(H2,13,15)(H,14,16). The second kappa shape index (κ2) is 6.10. The molecule has 5 nitrogen and oxygen atoms in total. The first kappa shape index (κ1) is 13.3. The molecule has 0 bridgehead atoms. The zero-order valence-electron chi connectivity index (χ0n) is 9.35. The number of nitrogens with two attached hydrogens (primary N) is 1. The van der Waals surface area contributed by atoms with Gasteiger partial charge in [0, 0.05) is 10.7 Å². The summed E-state index contributed by atoms with van der Waals surface area (Å²) in [6, 6.07) is 6.77. The number of hydrogen-bond acceptors (Lipinski definition) is 3. The first-order chi connectivity index (χ1) is 8.08. The van der Waals surface area contributed by atoms with Crippen molar-refractivity contribution in [3.05, 3.63) is 29.3 Å². The Labute approximate surface area is 104 Å². The summed E-state index contributed by atoms with van der Waals surface area (Å²) in [5, 5.41) is 14.6. The number of rotatable bonds is 4. The molecule has 0 aliphatic rings. The Balaban J connectivity index is 2.78. The van der Waals surface area contributed by atoms with Crippen LogP contribution in [-0.2, 0) is 4.79 Å². The molecule has 0 radical (unpaired) electrons. The molecule has 1 amide bonds. The van der Waals surface area contributed by atoms with E-state index in [1.54, 1.807) is 31.2 Å². The van der Waals surface area contributed by atoms with Gasteiger partial charge in [-0.25, -0.2) is 0 Å². The number of benzene rings is 1. The van der Waals surface area contributed by atoms with Crippen molar-refractivity contribution < 1.29 is 10.0 Å². The maximum Gasteiger partial charge on any atom is 0.235 e. The van der Waals surface area contributed by atoms with Gasteiger partial charge in [-0.05, 0) is 24.6 Å². The Morgan fingerprint density at radius 1 is 1.65 bits per heavy atom. The van der Waals surface area contributed by atoms with Crippen molar-refractivity contribution >= 4 is 29.0 Å². The molecule has 1 aromatic carbocycles. The highest BCUT2D eigenvalue weighted by atomic mass is 35.5. The lowest BCUT2D eigenvalue weighted by molar-refractivity contribution is -0.118. The number of amides is 1. The molecule has 0 aromatic heterocycles. The molecule has 0 spiro atoms. The van der Waals surface area contributed by atoms with Gasteiger partial charge in [-0.15, -0.1) is 0 Å². The van der Waals surface area contributed by atoms with Crippen LogP contribution in [0.5, 0.6) is 0 Å². The molecule has 1 aromatic rings. The highest BCUT2D eigenvalue weighted by Gasteiger charge is 2.21. The average Bonchev–Trinajstić information content (AvgIpc) is 2.29. The highest BCUT2D eigenvalue weighted by Crippen LogP contribution is 2.16. The van der Waals surface area contributed by atoms with Gasteiger partial charge in [-0.3, -0.25) is 4.79 Å². The molecule has 0 fully saturated rings. The van der Waals surface area contributed by atoms with Gasteiger partial charge in [0.05, 0.1) is 5.92 Å². The number of oxime groups is 1. The summed E-state index contributed by atoms with van der Waals surface area (Å²) in [6.45, 7) is 1.78. The second-order valence-corrected chi connectivity index (χ2v) is 3.92. The van der Waals surface area contributed by atoms with E-state index in [0.29, 0.717) is 17.1 Å². The van der Waals surface area contributed by atoms with Gasteiger partial charge in [0.15, 0.2) is 5.84 Å². The molecule has 0 saturated carbocycles. The summed E-state index contributed by atoms with van der Waals surface area (Å²) in [6.07, 6.45) is 0.447. The van der Waals surface area contributed by atoms with E-state index in [-0.39, 0.29) is 11.7 Å². The van der Waals surface area contributed by atoms with Gasteiger partial charge in [-0.2, -0.15) is 0 Å². The van der Waals surface area contributed by atoms with Crippen LogP contribution in [0.2, 0.25) is 5.02 Å². The summed E-state index contributed by atoms with van der Waals surface area (Å²) in [4.78, 5) is 11.8. The molecule has 4 N–H and O–H groups in total. The lowest BCUT2D eigenvalue weighted by Crippen LogP contribution is -2.34. The summed E-state index contributed by atoms with van der Waals surface area (Å²) in [5.74, 6) is -1.09. The molecule has 0 aliphatic carbocycles. The summed E-state index contributed by atoms with van der Waals surface area (Å²) in [7, 11) is 0. The van der Waals surface area contributed by atoms with Crippen LogP contribution in [0, 0.1) is 5.92 Å². The lowest BCUT2D eigenvalue weighted by atomic mass is 10.0. The van der Waals surface area contributed by atoms with Gasteiger partial charge in [0.25, 0.3) is 0 Å². The van der Waals surface area contributed by atoms with Crippen LogP contribution >= 0.6 is 11.6 Å². The van der Waals surface area contributed by atoms with Gasteiger partial charge in [0.2, 0.25) is 5.91 Å². The lowest BCUT2D eigenvalue weighted by Gasteiger charge is -2.13. The van der Waals surface area contributed by atoms with Crippen molar-refractivity contribution in [1.29, 1.82) is 0 Å². The minimum absolute atomic E-state index is 0.105. The predicted octanol–water partition coefficient (Wildman–Crippen LogP) is 2.05. The largest absolute Gasteiger partial charge is 0.409 e. The minimum atomic E-state index is -0.654. The van der Waals surface area contributed by atoms with Crippen LogP contribution in [-0.4, -0.2) is 17.0 Å². The van der Waals surface area contributed by atoms with Crippen LogP contribution in [0.4, 0.5) is 5.69 Å². The van der Waals surface area contributed by atoms with Crippen LogP contribution in [0.1, 0.15) is 13.3 Å². The van der Waals surface area contributed by atoms with Crippen LogP contribution in [0.25, 0.3) is 0 Å². The second-order valence-electron chi connectivity index (χ2n) is 3.49. The smallest absolute Gasteiger partial charge is 0.235 e. The maximum absolute atomic E-state index is 11.8. The Morgan fingerprint density at radius 3 is 2.88 bits per heavy atom.